The number of rotatable bonds is 5. The van der Waals surface area contributed by atoms with Crippen molar-refractivity contribution >= 4 is 60.7 Å². The van der Waals surface area contributed by atoms with Crippen molar-refractivity contribution in [2.45, 2.75) is 44.0 Å². The number of carbonyl (C=O) groups is 3. The number of nitrogens with one attached hydrogen (secondary N) is 1. The Bertz CT molecular complexity index is 1390. The van der Waals surface area contributed by atoms with E-state index in [1.54, 1.807) is 16.2 Å². The van der Waals surface area contributed by atoms with Crippen LogP contribution < -0.4 is 15.8 Å². The highest BCUT2D eigenvalue weighted by Gasteiger charge is 2.30. The SMILES string of the molecule is COc1ncc(NC(=O)C(=O)N2CCCC(C)C2)cc1C(N)=O.[B]C([B])(O)N1CCC(c2nc3ccccc3s2)CC1. The fraction of sp³-hybridized carbons (Fsp3) is 0.464. The topological polar surface area (TPSA) is 151 Å². The maximum absolute atomic E-state index is 12.2. The van der Waals surface area contributed by atoms with Crippen LogP contribution in [0.3, 0.4) is 0 Å². The van der Waals surface area contributed by atoms with Crippen LogP contribution in [0.15, 0.2) is 36.5 Å². The van der Waals surface area contributed by atoms with E-state index in [9.17, 15) is 19.5 Å². The molecule has 2 fully saturated rings. The molecule has 2 saturated heterocycles. The normalized spacial score (nSPS) is 18.2. The summed E-state index contributed by atoms with van der Waals surface area (Å²) in [5.41, 5.74) is 4.85. The van der Waals surface area contributed by atoms with Crippen molar-refractivity contribution in [3.05, 3.63) is 47.1 Å². The average Bonchev–Trinajstić information content (AvgIpc) is 3.41. The Morgan fingerprint density at radius 3 is 2.50 bits per heavy atom. The van der Waals surface area contributed by atoms with Gasteiger partial charge in [-0.25, -0.2) is 9.97 Å². The molecular formula is C28H34B2N6O5S. The number of anilines is 1. The number of amides is 3. The van der Waals surface area contributed by atoms with Gasteiger partial charge >= 0.3 is 11.8 Å². The molecule has 0 bridgehead atoms. The molecule has 42 heavy (non-hydrogen) atoms. The minimum atomic E-state index is -1.70. The molecule has 3 amide bonds. The number of primary amides is 1. The molecule has 14 heteroatoms. The number of piperidine rings is 2. The zero-order valence-electron chi connectivity index (χ0n) is 23.8. The average molecular weight is 588 g/mol. The third-order valence-corrected chi connectivity index (χ3v) is 8.57. The first kappa shape index (κ1) is 31.5. The number of benzene rings is 1. The van der Waals surface area contributed by atoms with Crippen molar-refractivity contribution in [2.75, 3.05) is 38.6 Å². The molecular weight excluding hydrogens is 554 g/mol. The first-order valence-electron chi connectivity index (χ1n) is 13.8. The number of fused-ring (bicyclic) bond motifs is 1. The summed E-state index contributed by atoms with van der Waals surface area (Å²) >= 11 is 1.76. The van der Waals surface area contributed by atoms with Gasteiger partial charge in [-0.2, -0.15) is 0 Å². The van der Waals surface area contributed by atoms with Crippen LogP contribution in [0.4, 0.5) is 5.69 Å². The number of methoxy groups -OCH3 is 1. The molecule has 4 N–H and O–H groups in total. The minimum Gasteiger partial charge on any atom is -0.480 e. The van der Waals surface area contributed by atoms with Gasteiger partial charge in [-0.1, -0.05) is 19.1 Å². The number of ether oxygens (including phenoxy) is 1. The number of hydrogen-bond donors (Lipinski definition) is 3. The van der Waals surface area contributed by atoms with E-state index in [4.69, 9.17) is 31.1 Å². The van der Waals surface area contributed by atoms with Crippen LogP contribution in [0.25, 0.3) is 10.2 Å². The monoisotopic (exact) mass is 588 g/mol. The largest absolute Gasteiger partial charge is 0.480 e. The zero-order valence-corrected chi connectivity index (χ0v) is 24.6. The van der Waals surface area contributed by atoms with Gasteiger partial charge < -0.3 is 25.8 Å². The summed E-state index contributed by atoms with van der Waals surface area (Å²) < 4.78 is 6.15. The van der Waals surface area contributed by atoms with Gasteiger partial charge in [0.25, 0.3) is 5.91 Å². The van der Waals surface area contributed by atoms with Crippen LogP contribution in [0.2, 0.25) is 0 Å². The van der Waals surface area contributed by atoms with E-state index in [0.717, 1.165) is 31.2 Å². The second kappa shape index (κ2) is 13.7. The number of thiazole rings is 1. The predicted octanol–water partition coefficient (Wildman–Crippen LogP) is 1.80. The lowest BCUT2D eigenvalue weighted by Crippen LogP contribution is -2.52. The molecule has 2 aromatic heterocycles. The number of aromatic nitrogens is 2. The second-order valence-corrected chi connectivity index (χ2v) is 11.7. The van der Waals surface area contributed by atoms with Crippen molar-refractivity contribution < 1.29 is 24.2 Å². The van der Waals surface area contributed by atoms with Gasteiger partial charge in [0, 0.05) is 24.5 Å². The first-order valence-corrected chi connectivity index (χ1v) is 14.6. The van der Waals surface area contributed by atoms with Crippen molar-refractivity contribution in [2.24, 2.45) is 11.7 Å². The van der Waals surface area contributed by atoms with Crippen LogP contribution in [0.5, 0.6) is 5.88 Å². The lowest BCUT2D eigenvalue weighted by molar-refractivity contribution is -0.144. The van der Waals surface area contributed by atoms with E-state index in [2.05, 4.69) is 16.4 Å². The molecule has 218 valence electrons. The Hall–Kier alpha value is -3.48. The number of nitrogens with zero attached hydrogens (tertiary/aromatic N) is 4. The number of likely N-dealkylation sites (tertiary alicyclic amines) is 2. The molecule has 1 atom stereocenters. The maximum Gasteiger partial charge on any atom is 0.313 e. The van der Waals surface area contributed by atoms with Gasteiger partial charge in [0.1, 0.15) is 21.3 Å². The highest BCUT2D eigenvalue weighted by Crippen LogP contribution is 2.34. The molecule has 2 aliphatic rings. The fourth-order valence-corrected chi connectivity index (χ4v) is 6.25. The Balaban J connectivity index is 0.000000196. The molecule has 1 unspecified atom stereocenters. The molecule has 4 radical (unpaired) electrons. The van der Waals surface area contributed by atoms with Crippen LogP contribution in [-0.2, 0) is 9.59 Å². The van der Waals surface area contributed by atoms with Crippen molar-refractivity contribution in [3.8, 4) is 5.88 Å². The highest BCUT2D eigenvalue weighted by molar-refractivity contribution is 7.18. The molecule has 5 rings (SSSR count). The van der Waals surface area contributed by atoms with Gasteiger partial charge in [0.2, 0.25) is 5.88 Å². The van der Waals surface area contributed by atoms with E-state index >= 15 is 0 Å². The van der Waals surface area contributed by atoms with E-state index < -0.39 is 23.2 Å². The van der Waals surface area contributed by atoms with Crippen molar-refractivity contribution in [3.63, 3.8) is 0 Å². The Morgan fingerprint density at radius 1 is 1.17 bits per heavy atom. The maximum atomic E-state index is 12.2. The van der Waals surface area contributed by atoms with Gasteiger partial charge in [-0.3, -0.25) is 19.3 Å². The lowest BCUT2D eigenvalue weighted by Gasteiger charge is -2.40. The summed E-state index contributed by atoms with van der Waals surface area (Å²) in [5, 5.41) is 13.2. The predicted molar refractivity (Wildman–Crippen MR) is 163 cm³/mol. The van der Waals surface area contributed by atoms with Crippen LogP contribution in [0.1, 0.15) is 53.9 Å². The number of pyridine rings is 1. The van der Waals surface area contributed by atoms with Gasteiger partial charge in [-0.05, 0) is 62.9 Å². The van der Waals surface area contributed by atoms with Gasteiger partial charge in [0.15, 0.2) is 0 Å². The smallest absolute Gasteiger partial charge is 0.313 e. The van der Waals surface area contributed by atoms with E-state index in [1.807, 2.05) is 25.1 Å². The Labute approximate surface area is 251 Å². The van der Waals surface area contributed by atoms with Crippen molar-refractivity contribution in [1.82, 2.24) is 19.8 Å². The summed E-state index contributed by atoms with van der Waals surface area (Å²) in [6, 6.07) is 9.53. The van der Waals surface area contributed by atoms with Crippen LogP contribution in [-0.4, -0.2) is 97.1 Å². The highest BCUT2D eigenvalue weighted by atomic mass is 32.1. The summed E-state index contributed by atoms with van der Waals surface area (Å²) in [6.45, 7) is 4.59. The van der Waals surface area contributed by atoms with E-state index in [1.165, 1.54) is 34.0 Å². The number of carbonyl (C=O) groups excluding carboxylic acids is 3. The number of hydrogen-bond acceptors (Lipinski definition) is 9. The molecule has 4 heterocycles. The Kier molecular flexibility index (Phi) is 10.2. The van der Waals surface area contributed by atoms with Crippen LogP contribution in [0, 0.1) is 5.92 Å². The molecule has 0 aliphatic carbocycles. The number of nitrogens with two attached hydrogens (primary N) is 1. The summed E-state index contributed by atoms with van der Waals surface area (Å²) in [6.07, 6.45) is 5.09. The summed E-state index contributed by atoms with van der Waals surface area (Å²) in [7, 11) is 12.4. The fourth-order valence-electron chi connectivity index (χ4n) is 5.11. The number of aliphatic hydroxyl groups is 1. The minimum absolute atomic E-state index is 0.0318. The molecule has 3 aromatic rings. The van der Waals surface area contributed by atoms with Gasteiger partial charge in [-0.15, -0.1) is 11.3 Å². The molecule has 2 aliphatic heterocycles. The summed E-state index contributed by atoms with van der Waals surface area (Å²) in [4.78, 5) is 47.4. The quantitative estimate of drug-likeness (QED) is 0.302. The summed E-state index contributed by atoms with van der Waals surface area (Å²) in [5.74, 6) is -1.21. The van der Waals surface area contributed by atoms with E-state index in [0.29, 0.717) is 38.0 Å². The molecule has 0 spiro atoms. The zero-order chi connectivity index (χ0) is 30.4. The van der Waals surface area contributed by atoms with Crippen molar-refractivity contribution in [1.29, 1.82) is 0 Å². The van der Waals surface area contributed by atoms with Crippen LogP contribution >= 0.6 is 11.3 Å². The third-order valence-electron chi connectivity index (χ3n) is 7.37. The van der Waals surface area contributed by atoms with Gasteiger partial charge in [0.05, 0.1) is 34.2 Å². The Morgan fingerprint density at radius 2 is 1.88 bits per heavy atom. The molecule has 1 aromatic carbocycles. The first-order chi connectivity index (χ1) is 20.0. The molecule has 0 saturated carbocycles. The van der Waals surface area contributed by atoms with E-state index in [-0.39, 0.29) is 17.1 Å². The second-order valence-electron chi connectivity index (χ2n) is 10.7. The number of para-hydroxylation sites is 1. The molecule has 11 nitrogen and oxygen atoms in total. The third kappa shape index (κ3) is 7.87. The lowest BCUT2D eigenvalue weighted by atomic mass is 9.71. The standard InChI is InChI=1S/C15H20N4O4.C13H14B2N2OS/c1-9-4-3-5-19(8-9)15(22)13(21)18-10-6-11(12(16)20)14(23-2)17-7-10;14-13(15,18)17-7-5-9(6-8-17)12-16-10-3-1-2-4-11(10)19-12/h6-7,9H,3-5,8H2,1-2H3,(H2,16,20)(H,18,21);1-4,9,18H,5-8H2.